The summed E-state index contributed by atoms with van der Waals surface area (Å²) in [6.07, 6.45) is -0.219. The average molecular weight is 526 g/mol. The molecule has 0 unspecified atom stereocenters. The fourth-order valence-electron chi connectivity index (χ4n) is 3.61. The molecule has 186 valence electrons. The number of nitrogens with zero attached hydrogens (tertiary/aromatic N) is 4. The number of amides is 1. The maximum Gasteiger partial charge on any atom is 0.257 e. The SMILES string of the molecule is CC(=N)CC(N)=Nc1cc(N2CC[C@H](F)C2)nc(Sc2ccc(NC(=O)c3ccccc3Cl)cc2)n1. The maximum atomic E-state index is 13.8. The molecule has 2 heterocycles. The van der Waals surface area contributed by atoms with Crippen molar-refractivity contribution in [3.63, 3.8) is 0 Å². The Bertz CT molecular complexity index is 1300. The Morgan fingerprint density at radius 2 is 2.03 bits per heavy atom. The van der Waals surface area contributed by atoms with E-state index in [1.807, 2.05) is 17.0 Å². The van der Waals surface area contributed by atoms with E-state index >= 15 is 0 Å². The molecule has 0 spiro atoms. The molecule has 3 aromatic rings. The Morgan fingerprint density at radius 1 is 1.28 bits per heavy atom. The number of hydrogen-bond donors (Lipinski definition) is 3. The van der Waals surface area contributed by atoms with Gasteiger partial charge in [-0.2, -0.15) is 0 Å². The van der Waals surface area contributed by atoms with Gasteiger partial charge in [0.1, 0.15) is 17.8 Å². The fourth-order valence-corrected chi connectivity index (χ4v) is 4.59. The van der Waals surface area contributed by atoms with Gasteiger partial charge in [0, 0.05) is 35.3 Å². The third kappa shape index (κ3) is 6.79. The van der Waals surface area contributed by atoms with E-state index in [4.69, 9.17) is 22.7 Å². The molecule has 1 fully saturated rings. The summed E-state index contributed by atoms with van der Waals surface area (Å²) in [7, 11) is 0. The summed E-state index contributed by atoms with van der Waals surface area (Å²) in [6, 6.07) is 15.8. The molecule has 1 aliphatic rings. The Hall–Kier alpha value is -3.50. The first-order chi connectivity index (χ1) is 17.3. The van der Waals surface area contributed by atoms with Crippen molar-refractivity contribution < 1.29 is 9.18 Å². The number of anilines is 2. The quantitative estimate of drug-likeness (QED) is 0.203. The lowest BCUT2D eigenvalue weighted by Crippen LogP contribution is -2.21. The second-order valence-electron chi connectivity index (χ2n) is 8.32. The van der Waals surface area contributed by atoms with Crippen LogP contribution < -0.4 is 16.0 Å². The predicted octanol–water partition coefficient (Wildman–Crippen LogP) is 5.50. The zero-order valence-corrected chi connectivity index (χ0v) is 21.1. The average Bonchev–Trinajstić information content (AvgIpc) is 3.26. The van der Waals surface area contributed by atoms with E-state index in [0.29, 0.717) is 51.7 Å². The van der Waals surface area contributed by atoms with Gasteiger partial charge in [0.25, 0.3) is 5.91 Å². The molecule has 1 aliphatic heterocycles. The lowest BCUT2D eigenvalue weighted by molar-refractivity contribution is 0.102. The highest BCUT2D eigenvalue weighted by Crippen LogP contribution is 2.31. The second-order valence-corrected chi connectivity index (χ2v) is 9.77. The Kier molecular flexibility index (Phi) is 8.17. The zero-order valence-electron chi connectivity index (χ0n) is 19.5. The number of nitrogens with one attached hydrogen (secondary N) is 2. The van der Waals surface area contributed by atoms with E-state index in [1.165, 1.54) is 11.8 Å². The van der Waals surface area contributed by atoms with Crippen LogP contribution in [0.15, 0.2) is 69.6 Å². The van der Waals surface area contributed by atoms with Gasteiger partial charge in [-0.05, 0) is 61.5 Å². The molecule has 8 nitrogen and oxygen atoms in total. The van der Waals surface area contributed by atoms with Crippen LogP contribution in [0.1, 0.15) is 30.1 Å². The molecular weight excluding hydrogens is 501 g/mol. The predicted molar refractivity (Wildman–Crippen MR) is 143 cm³/mol. The summed E-state index contributed by atoms with van der Waals surface area (Å²) in [5, 5.41) is 11.3. The van der Waals surface area contributed by atoms with Gasteiger partial charge >= 0.3 is 0 Å². The van der Waals surface area contributed by atoms with Gasteiger partial charge in [0.05, 0.1) is 17.1 Å². The van der Waals surface area contributed by atoms with Crippen LogP contribution in [-0.2, 0) is 0 Å². The van der Waals surface area contributed by atoms with E-state index < -0.39 is 6.17 Å². The van der Waals surface area contributed by atoms with Gasteiger partial charge < -0.3 is 21.4 Å². The van der Waals surface area contributed by atoms with Crippen molar-refractivity contribution in [3.05, 3.63) is 65.2 Å². The first-order valence-electron chi connectivity index (χ1n) is 11.3. The van der Waals surface area contributed by atoms with E-state index in [1.54, 1.807) is 49.4 Å². The molecule has 2 aromatic carbocycles. The largest absolute Gasteiger partial charge is 0.387 e. The molecule has 4 N–H and O–H groups in total. The second kappa shape index (κ2) is 11.5. The molecule has 1 aromatic heterocycles. The number of aromatic nitrogens is 2. The molecule has 1 atom stereocenters. The molecule has 11 heteroatoms. The topological polar surface area (TPSA) is 120 Å². The van der Waals surface area contributed by atoms with Crippen molar-refractivity contribution >= 4 is 58.1 Å². The number of amidine groups is 1. The van der Waals surface area contributed by atoms with Gasteiger partial charge in [-0.25, -0.2) is 19.4 Å². The third-order valence-corrected chi connectivity index (χ3v) is 6.48. The summed E-state index contributed by atoms with van der Waals surface area (Å²) < 4.78 is 13.8. The molecule has 36 heavy (non-hydrogen) atoms. The van der Waals surface area contributed by atoms with Crippen molar-refractivity contribution in [3.8, 4) is 0 Å². The first-order valence-corrected chi connectivity index (χ1v) is 12.5. The number of carbonyl (C=O) groups excluding carboxylic acids is 1. The molecule has 0 aliphatic carbocycles. The number of hydrogen-bond acceptors (Lipinski definition) is 7. The van der Waals surface area contributed by atoms with Crippen LogP contribution in [0.2, 0.25) is 5.02 Å². The number of aliphatic imine (C=N–C) groups is 1. The van der Waals surface area contributed by atoms with E-state index in [9.17, 15) is 9.18 Å². The van der Waals surface area contributed by atoms with Crippen LogP contribution in [0, 0.1) is 5.41 Å². The number of rotatable bonds is 8. The van der Waals surface area contributed by atoms with Gasteiger partial charge in [0.15, 0.2) is 11.0 Å². The normalized spacial score (nSPS) is 15.7. The van der Waals surface area contributed by atoms with Gasteiger partial charge in [-0.1, -0.05) is 23.7 Å². The van der Waals surface area contributed by atoms with Crippen LogP contribution in [0.25, 0.3) is 0 Å². The molecule has 0 saturated carbocycles. The van der Waals surface area contributed by atoms with Gasteiger partial charge in [0.2, 0.25) is 0 Å². The number of alkyl halides is 1. The lowest BCUT2D eigenvalue weighted by Gasteiger charge is -2.17. The Labute approximate surface area is 217 Å². The van der Waals surface area contributed by atoms with Gasteiger partial charge in [-0.15, -0.1) is 0 Å². The van der Waals surface area contributed by atoms with E-state index in [0.717, 1.165) is 4.90 Å². The maximum absolute atomic E-state index is 13.8. The van der Waals surface area contributed by atoms with Crippen LogP contribution in [0.3, 0.4) is 0 Å². The summed E-state index contributed by atoms with van der Waals surface area (Å²) in [4.78, 5) is 28.7. The van der Waals surface area contributed by atoms with Crippen LogP contribution >= 0.6 is 23.4 Å². The number of benzene rings is 2. The summed E-state index contributed by atoms with van der Waals surface area (Å²) >= 11 is 7.42. The molecule has 4 rings (SSSR count). The van der Waals surface area contributed by atoms with Crippen LogP contribution in [-0.4, -0.2) is 46.7 Å². The fraction of sp³-hybridized carbons (Fsp3) is 0.240. The lowest BCUT2D eigenvalue weighted by atomic mass is 10.2. The third-order valence-electron chi connectivity index (χ3n) is 5.28. The van der Waals surface area contributed by atoms with E-state index in [2.05, 4.69) is 20.3 Å². The standard InChI is InChI=1S/C25H25ClFN7OS/c1-15(28)12-21(29)31-22-13-23(34-11-10-16(27)14-34)33-25(32-22)36-18-8-6-17(7-9-18)30-24(35)19-4-2-3-5-20(19)26/h2-9,13,16,28H,10-12,14H2,1H3,(H,30,35)(H2,29,31,32,33)/t16-/m0/s1. The highest BCUT2D eigenvalue weighted by atomic mass is 35.5. The number of nitrogens with two attached hydrogens (primary N) is 1. The summed E-state index contributed by atoms with van der Waals surface area (Å²) in [6.45, 7) is 2.47. The minimum atomic E-state index is -0.901. The van der Waals surface area contributed by atoms with E-state index in [-0.39, 0.29) is 24.7 Å². The van der Waals surface area contributed by atoms with Crippen LogP contribution in [0.4, 0.5) is 21.7 Å². The van der Waals surface area contributed by atoms with Crippen molar-refractivity contribution in [1.29, 1.82) is 5.41 Å². The van der Waals surface area contributed by atoms with Crippen molar-refractivity contribution in [2.45, 2.75) is 36.0 Å². The molecule has 1 saturated heterocycles. The van der Waals surface area contributed by atoms with Crippen molar-refractivity contribution in [2.75, 3.05) is 23.3 Å². The highest BCUT2D eigenvalue weighted by molar-refractivity contribution is 7.99. The monoisotopic (exact) mass is 525 g/mol. The smallest absolute Gasteiger partial charge is 0.257 e. The molecule has 0 radical (unpaired) electrons. The van der Waals surface area contributed by atoms with Gasteiger partial charge in [-0.3, -0.25) is 4.79 Å². The molecule has 0 bridgehead atoms. The summed E-state index contributed by atoms with van der Waals surface area (Å²) in [5.41, 5.74) is 7.37. The van der Waals surface area contributed by atoms with Crippen molar-refractivity contribution in [1.82, 2.24) is 9.97 Å². The number of halogens is 2. The molecule has 1 amide bonds. The Balaban J connectivity index is 1.53. The minimum absolute atomic E-state index is 0.236. The highest BCUT2D eigenvalue weighted by Gasteiger charge is 2.24. The zero-order chi connectivity index (χ0) is 25.7. The first kappa shape index (κ1) is 25.6. The minimum Gasteiger partial charge on any atom is -0.387 e. The molecular formula is C25H25ClFN7OS. The summed E-state index contributed by atoms with van der Waals surface area (Å²) in [5.74, 6) is 0.905. The number of carbonyl (C=O) groups is 1. The van der Waals surface area contributed by atoms with Crippen molar-refractivity contribution in [2.24, 2.45) is 10.7 Å². The van der Waals surface area contributed by atoms with Crippen LogP contribution in [0.5, 0.6) is 0 Å². The Morgan fingerprint density at radius 3 is 2.69 bits per heavy atom.